The van der Waals surface area contributed by atoms with Crippen LogP contribution in [0.3, 0.4) is 0 Å². The van der Waals surface area contributed by atoms with Crippen molar-refractivity contribution >= 4 is 5.84 Å². The Bertz CT molecular complexity index is 297. The maximum absolute atomic E-state index is 5.89. The fraction of sp³-hybridized carbons (Fsp3) is 0.667. The molecule has 2 rings (SSSR count). The van der Waals surface area contributed by atoms with E-state index in [1.165, 1.54) is 25.7 Å². The van der Waals surface area contributed by atoms with E-state index in [0.717, 1.165) is 11.5 Å². The van der Waals surface area contributed by atoms with E-state index in [4.69, 9.17) is 5.73 Å². The van der Waals surface area contributed by atoms with Gasteiger partial charge < -0.3 is 5.73 Å². The monoisotopic (exact) mass is 193 g/mol. The number of hydrogen-bond donors (Lipinski definition) is 2. The lowest BCUT2D eigenvalue weighted by atomic mass is 10.1. The smallest absolute Gasteiger partial charge is 0.104 e. The van der Waals surface area contributed by atoms with Crippen LogP contribution in [0.4, 0.5) is 0 Å². The normalized spacial score (nSPS) is 19.0. The summed E-state index contributed by atoms with van der Waals surface area (Å²) in [5.74, 6) is 1.28. The molecular weight excluding hydrogens is 178 g/mol. The first kappa shape index (κ1) is 9.18. The van der Waals surface area contributed by atoms with E-state index in [0.29, 0.717) is 12.5 Å². The maximum Gasteiger partial charge on any atom is 0.104 e. The predicted molar refractivity (Wildman–Crippen MR) is 53.7 cm³/mol. The lowest BCUT2D eigenvalue weighted by molar-refractivity contribution is 0.714. The third-order valence-corrected chi connectivity index (χ3v) is 2.66. The Labute approximate surface area is 82.8 Å². The minimum Gasteiger partial charge on any atom is -0.387 e. The van der Waals surface area contributed by atoms with Crippen molar-refractivity contribution in [2.45, 2.75) is 32.2 Å². The highest BCUT2D eigenvalue weighted by Gasteiger charge is 2.18. The second-order valence-corrected chi connectivity index (χ2v) is 3.68. The van der Waals surface area contributed by atoms with E-state index < -0.39 is 0 Å². The van der Waals surface area contributed by atoms with Crippen LogP contribution in [0.1, 0.15) is 31.4 Å². The zero-order chi connectivity index (χ0) is 9.80. The topological polar surface area (TPSA) is 80.0 Å². The number of rotatable bonds is 3. The van der Waals surface area contributed by atoms with Gasteiger partial charge in [-0.25, -0.2) is 0 Å². The molecule has 0 aromatic carbocycles. The predicted octanol–water partition coefficient (Wildman–Crippen LogP) is 0.852. The average molecular weight is 193 g/mol. The van der Waals surface area contributed by atoms with Crippen LogP contribution < -0.4 is 5.73 Å². The molecule has 14 heavy (non-hydrogen) atoms. The molecule has 0 atom stereocenters. The van der Waals surface area contributed by atoms with E-state index in [1.807, 2.05) is 0 Å². The first-order valence-corrected chi connectivity index (χ1v) is 5.00. The highest BCUT2D eigenvalue weighted by molar-refractivity contribution is 5.83. The van der Waals surface area contributed by atoms with Crippen molar-refractivity contribution in [2.24, 2.45) is 16.6 Å². The van der Waals surface area contributed by atoms with Crippen molar-refractivity contribution in [3.05, 3.63) is 11.9 Å². The average Bonchev–Trinajstić information content (AvgIpc) is 2.87. The Balaban J connectivity index is 1.90. The largest absolute Gasteiger partial charge is 0.387 e. The van der Waals surface area contributed by atoms with Crippen LogP contribution >= 0.6 is 0 Å². The standard InChI is InChI=1S/C9H15N5/c10-9(7-3-1-2-4-7)11-5-8-6-12-14-13-8/h6-7H,1-5H2,(H2,10,11)(H,12,13,14). The molecule has 3 N–H and O–H groups in total. The third kappa shape index (κ3) is 2.10. The Kier molecular flexibility index (Phi) is 2.76. The number of nitrogens with zero attached hydrogens (tertiary/aromatic N) is 3. The first-order valence-electron chi connectivity index (χ1n) is 5.00. The molecule has 1 aromatic heterocycles. The molecule has 0 bridgehead atoms. The van der Waals surface area contributed by atoms with Gasteiger partial charge in [-0.05, 0) is 12.8 Å². The van der Waals surface area contributed by atoms with E-state index in [2.05, 4.69) is 20.4 Å². The summed E-state index contributed by atoms with van der Waals surface area (Å²) < 4.78 is 0. The van der Waals surface area contributed by atoms with Crippen LogP contribution in [0.2, 0.25) is 0 Å². The molecule has 1 heterocycles. The summed E-state index contributed by atoms with van der Waals surface area (Å²) in [7, 11) is 0. The molecule has 0 saturated heterocycles. The molecule has 1 aliphatic rings. The van der Waals surface area contributed by atoms with Gasteiger partial charge >= 0.3 is 0 Å². The van der Waals surface area contributed by atoms with Gasteiger partial charge in [-0.15, -0.1) is 0 Å². The molecule has 0 spiro atoms. The molecule has 0 unspecified atom stereocenters. The van der Waals surface area contributed by atoms with E-state index >= 15 is 0 Å². The molecule has 1 saturated carbocycles. The lowest BCUT2D eigenvalue weighted by Crippen LogP contribution is -2.21. The minimum absolute atomic E-state index is 0.502. The number of nitrogens with two attached hydrogens (primary N) is 1. The van der Waals surface area contributed by atoms with Gasteiger partial charge in [-0.3, -0.25) is 4.99 Å². The van der Waals surface area contributed by atoms with Crippen LogP contribution in [0.5, 0.6) is 0 Å². The molecule has 0 aliphatic heterocycles. The quantitative estimate of drug-likeness (QED) is 0.551. The van der Waals surface area contributed by atoms with Gasteiger partial charge in [0, 0.05) is 5.92 Å². The second kappa shape index (κ2) is 4.21. The molecule has 5 heteroatoms. The van der Waals surface area contributed by atoms with Crippen molar-refractivity contribution in [1.29, 1.82) is 0 Å². The molecule has 1 aromatic rings. The van der Waals surface area contributed by atoms with Gasteiger partial charge in [0.1, 0.15) is 5.69 Å². The van der Waals surface area contributed by atoms with Crippen molar-refractivity contribution < 1.29 is 0 Å². The van der Waals surface area contributed by atoms with Crippen molar-refractivity contribution in [3.8, 4) is 0 Å². The highest BCUT2D eigenvalue weighted by Crippen LogP contribution is 2.24. The molecule has 0 amide bonds. The van der Waals surface area contributed by atoms with Gasteiger partial charge in [0.25, 0.3) is 0 Å². The van der Waals surface area contributed by atoms with Gasteiger partial charge in [0.15, 0.2) is 0 Å². The van der Waals surface area contributed by atoms with E-state index in [9.17, 15) is 0 Å². The molecule has 0 radical (unpaired) electrons. The zero-order valence-electron chi connectivity index (χ0n) is 8.11. The fourth-order valence-corrected chi connectivity index (χ4v) is 1.82. The number of aromatic amines is 1. The SMILES string of the molecule is NC(=NCc1cn[nH]n1)C1CCCC1. The Morgan fingerprint density at radius 2 is 2.36 bits per heavy atom. The van der Waals surface area contributed by atoms with Gasteiger partial charge in [-0.2, -0.15) is 15.4 Å². The summed E-state index contributed by atoms with van der Waals surface area (Å²) in [5, 5.41) is 10.2. The second-order valence-electron chi connectivity index (χ2n) is 3.68. The van der Waals surface area contributed by atoms with Crippen LogP contribution in [-0.2, 0) is 6.54 Å². The molecular formula is C9H15N5. The Morgan fingerprint density at radius 3 is 3.00 bits per heavy atom. The van der Waals surface area contributed by atoms with Crippen molar-refractivity contribution in [2.75, 3.05) is 0 Å². The summed E-state index contributed by atoms with van der Waals surface area (Å²) in [6, 6.07) is 0. The van der Waals surface area contributed by atoms with E-state index in [1.54, 1.807) is 6.20 Å². The summed E-state index contributed by atoms with van der Waals surface area (Å²) in [4.78, 5) is 4.32. The number of amidine groups is 1. The molecule has 1 aliphatic carbocycles. The first-order chi connectivity index (χ1) is 6.86. The maximum atomic E-state index is 5.89. The number of nitrogens with one attached hydrogen (secondary N) is 1. The van der Waals surface area contributed by atoms with Crippen LogP contribution in [-0.4, -0.2) is 21.2 Å². The molecule has 76 valence electrons. The van der Waals surface area contributed by atoms with Crippen LogP contribution in [0.15, 0.2) is 11.2 Å². The lowest BCUT2D eigenvalue weighted by Gasteiger charge is -2.06. The van der Waals surface area contributed by atoms with Gasteiger partial charge in [-0.1, -0.05) is 12.8 Å². The zero-order valence-corrected chi connectivity index (χ0v) is 8.11. The molecule has 1 fully saturated rings. The Hall–Kier alpha value is -1.39. The van der Waals surface area contributed by atoms with Crippen molar-refractivity contribution in [1.82, 2.24) is 15.4 Å². The van der Waals surface area contributed by atoms with Gasteiger partial charge in [0.05, 0.1) is 18.6 Å². The number of aliphatic imine (C=N–C) groups is 1. The number of H-pyrrole nitrogens is 1. The number of hydrogen-bond acceptors (Lipinski definition) is 3. The van der Waals surface area contributed by atoms with Gasteiger partial charge in [0.2, 0.25) is 0 Å². The fourth-order valence-electron chi connectivity index (χ4n) is 1.82. The summed E-state index contributed by atoms with van der Waals surface area (Å²) in [5.41, 5.74) is 6.73. The van der Waals surface area contributed by atoms with E-state index in [-0.39, 0.29) is 0 Å². The minimum atomic E-state index is 0.502. The van der Waals surface area contributed by atoms with Crippen LogP contribution in [0.25, 0.3) is 0 Å². The summed E-state index contributed by atoms with van der Waals surface area (Å²) in [6.45, 7) is 0.541. The molecule has 5 nitrogen and oxygen atoms in total. The Morgan fingerprint density at radius 1 is 1.57 bits per heavy atom. The van der Waals surface area contributed by atoms with Crippen LogP contribution in [0, 0.1) is 5.92 Å². The summed E-state index contributed by atoms with van der Waals surface area (Å²) >= 11 is 0. The highest BCUT2D eigenvalue weighted by atomic mass is 15.3. The van der Waals surface area contributed by atoms with Crippen molar-refractivity contribution in [3.63, 3.8) is 0 Å². The number of aromatic nitrogens is 3. The third-order valence-electron chi connectivity index (χ3n) is 2.66. The summed E-state index contributed by atoms with van der Waals surface area (Å²) in [6.07, 6.45) is 6.61.